The van der Waals surface area contributed by atoms with E-state index in [1.165, 1.54) is 18.2 Å². The number of carbonyl (C=O) groups is 2. The summed E-state index contributed by atoms with van der Waals surface area (Å²) in [5.74, 6) is -1.46. The molecule has 0 saturated heterocycles. The molecule has 1 aromatic heterocycles. The number of ether oxygens (including phenoxy) is 1. The topological polar surface area (TPSA) is 135 Å². The van der Waals surface area contributed by atoms with Gasteiger partial charge in [-0.15, -0.1) is 0 Å². The van der Waals surface area contributed by atoms with Gasteiger partial charge < -0.3 is 14.3 Å². The number of rotatable bonds is 8. The van der Waals surface area contributed by atoms with E-state index in [1.54, 1.807) is 32.0 Å². The van der Waals surface area contributed by atoms with Crippen LogP contribution >= 0.6 is 0 Å². The molecule has 9 nitrogen and oxygen atoms in total. The number of amides is 1. The Morgan fingerprint density at radius 1 is 1.03 bits per heavy atom. The first-order valence-corrected chi connectivity index (χ1v) is 11.6. The lowest BCUT2D eigenvalue weighted by Crippen LogP contribution is -2.44. The molecule has 0 aliphatic heterocycles. The molecule has 1 atom stereocenters. The van der Waals surface area contributed by atoms with Gasteiger partial charge in [0.15, 0.2) is 0 Å². The Labute approximate surface area is 185 Å². The standard InChI is InChI=1S/C22H26N2O7S/c1-12(2)11-30-22(27)23-14-5-7-16-17-10-15(6-8-18(17)31-19(16)9-14)32(28,29)24-20(13(3)4)21(25)26/h5-10,12-13,20,24H,11H2,1-4H3,(H,23,27)(H,25,26)/t20-/m0/s1. The van der Waals surface area contributed by atoms with Gasteiger partial charge in [-0.1, -0.05) is 27.7 Å². The first-order valence-electron chi connectivity index (χ1n) is 10.1. The van der Waals surface area contributed by atoms with E-state index in [4.69, 9.17) is 9.15 Å². The van der Waals surface area contributed by atoms with Crippen LogP contribution in [0, 0.1) is 11.8 Å². The molecule has 0 aliphatic carbocycles. The molecule has 10 heteroatoms. The smallest absolute Gasteiger partial charge is 0.411 e. The minimum Gasteiger partial charge on any atom is -0.480 e. The Morgan fingerprint density at radius 2 is 1.75 bits per heavy atom. The number of sulfonamides is 1. The fourth-order valence-electron chi connectivity index (χ4n) is 3.10. The first kappa shape index (κ1) is 23.6. The van der Waals surface area contributed by atoms with E-state index >= 15 is 0 Å². The fourth-order valence-corrected chi connectivity index (χ4v) is 4.47. The number of hydrogen-bond acceptors (Lipinski definition) is 6. The summed E-state index contributed by atoms with van der Waals surface area (Å²) < 4.78 is 38.7. The second-order valence-electron chi connectivity index (χ2n) is 8.27. The third kappa shape index (κ3) is 5.20. The Morgan fingerprint density at radius 3 is 2.38 bits per heavy atom. The zero-order chi connectivity index (χ0) is 23.6. The molecular formula is C22H26N2O7S. The summed E-state index contributed by atoms with van der Waals surface area (Å²) in [4.78, 5) is 23.2. The molecule has 0 aliphatic rings. The average Bonchev–Trinajstić information content (AvgIpc) is 3.07. The molecular weight excluding hydrogens is 436 g/mol. The highest BCUT2D eigenvalue weighted by molar-refractivity contribution is 7.89. The number of carboxylic acids is 1. The quantitative estimate of drug-likeness (QED) is 0.457. The predicted molar refractivity (Wildman–Crippen MR) is 120 cm³/mol. The van der Waals surface area contributed by atoms with Crippen LogP contribution < -0.4 is 10.0 Å². The van der Waals surface area contributed by atoms with Crippen molar-refractivity contribution in [2.24, 2.45) is 11.8 Å². The summed E-state index contributed by atoms with van der Waals surface area (Å²) in [6.45, 7) is 7.41. The molecule has 32 heavy (non-hydrogen) atoms. The molecule has 1 amide bonds. The molecule has 0 bridgehead atoms. The lowest BCUT2D eigenvalue weighted by Gasteiger charge is -2.17. The Balaban J connectivity index is 1.91. The molecule has 172 valence electrons. The molecule has 1 heterocycles. The summed E-state index contributed by atoms with van der Waals surface area (Å²) in [5.41, 5.74) is 1.38. The van der Waals surface area contributed by atoms with Gasteiger partial charge in [0.25, 0.3) is 0 Å². The third-order valence-electron chi connectivity index (χ3n) is 4.76. The fraction of sp³-hybridized carbons (Fsp3) is 0.364. The van der Waals surface area contributed by atoms with Crippen LogP contribution in [0.5, 0.6) is 0 Å². The van der Waals surface area contributed by atoms with Gasteiger partial charge in [-0.2, -0.15) is 4.72 Å². The summed E-state index contributed by atoms with van der Waals surface area (Å²) in [6.07, 6.45) is -0.577. The van der Waals surface area contributed by atoms with Crippen LogP contribution in [0.25, 0.3) is 21.9 Å². The number of benzene rings is 2. The van der Waals surface area contributed by atoms with Crippen molar-refractivity contribution in [3.8, 4) is 0 Å². The van der Waals surface area contributed by atoms with Gasteiger partial charge >= 0.3 is 12.1 Å². The maximum absolute atomic E-state index is 12.8. The van der Waals surface area contributed by atoms with Crippen molar-refractivity contribution < 1.29 is 32.3 Å². The van der Waals surface area contributed by atoms with Gasteiger partial charge in [0.2, 0.25) is 10.0 Å². The van der Waals surface area contributed by atoms with Crippen molar-refractivity contribution in [2.45, 2.75) is 38.6 Å². The van der Waals surface area contributed by atoms with Crippen molar-refractivity contribution in [2.75, 3.05) is 11.9 Å². The molecule has 0 unspecified atom stereocenters. The van der Waals surface area contributed by atoms with Crippen LogP contribution in [-0.2, 0) is 19.6 Å². The summed E-state index contributed by atoms with van der Waals surface area (Å²) >= 11 is 0. The summed E-state index contributed by atoms with van der Waals surface area (Å²) in [5, 5.41) is 13.1. The molecule has 0 radical (unpaired) electrons. The van der Waals surface area contributed by atoms with Gasteiger partial charge in [0, 0.05) is 22.5 Å². The second kappa shape index (κ2) is 9.17. The first-order chi connectivity index (χ1) is 15.0. The van der Waals surface area contributed by atoms with Crippen LogP contribution in [0.15, 0.2) is 45.7 Å². The number of hydrogen-bond donors (Lipinski definition) is 3. The summed E-state index contributed by atoms with van der Waals surface area (Å²) in [7, 11) is -4.07. The van der Waals surface area contributed by atoms with E-state index in [1.807, 2.05) is 13.8 Å². The largest absolute Gasteiger partial charge is 0.480 e. The minimum atomic E-state index is -4.07. The number of nitrogens with one attached hydrogen (secondary N) is 2. The molecule has 2 aromatic carbocycles. The van der Waals surface area contributed by atoms with Crippen molar-refractivity contribution in [1.29, 1.82) is 0 Å². The molecule has 0 spiro atoms. The highest BCUT2D eigenvalue weighted by Gasteiger charge is 2.28. The number of fused-ring (bicyclic) bond motifs is 3. The van der Waals surface area contributed by atoms with E-state index in [9.17, 15) is 23.1 Å². The molecule has 3 N–H and O–H groups in total. The van der Waals surface area contributed by atoms with Crippen LogP contribution in [0.1, 0.15) is 27.7 Å². The number of anilines is 1. The molecule has 0 saturated carbocycles. The SMILES string of the molecule is CC(C)COC(=O)Nc1ccc2c(c1)oc1ccc(S(=O)(=O)N[C@H](C(=O)O)C(C)C)cc12. The maximum atomic E-state index is 12.8. The van der Waals surface area contributed by atoms with Crippen molar-refractivity contribution in [3.63, 3.8) is 0 Å². The lowest BCUT2D eigenvalue weighted by atomic mass is 10.1. The van der Waals surface area contributed by atoms with Gasteiger partial charge in [-0.05, 0) is 42.2 Å². The highest BCUT2D eigenvalue weighted by Crippen LogP contribution is 2.32. The van der Waals surface area contributed by atoms with Gasteiger partial charge in [-0.25, -0.2) is 13.2 Å². The average molecular weight is 463 g/mol. The number of aliphatic carboxylic acids is 1. The van der Waals surface area contributed by atoms with Crippen molar-refractivity contribution in [3.05, 3.63) is 36.4 Å². The zero-order valence-electron chi connectivity index (χ0n) is 18.2. The van der Waals surface area contributed by atoms with Crippen LogP contribution in [-0.4, -0.2) is 38.2 Å². The van der Waals surface area contributed by atoms with E-state index < -0.39 is 34.0 Å². The van der Waals surface area contributed by atoms with Crippen LogP contribution in [0.2, 0.25) is 0 Å². The van der Waals surface area contributed by atoms with Crippen molar-refractivity contribution in [1.82, 2.24) is 4.72 Å². The molecule has 3 rings (SSSR count). The monoisotopic (exact) mass is 462 g/mol. The van der Waals surface area contributed by atoms with E-state index in [2.05, 4.69) is 10.0 Å². The molecule has 3 aromatic rings. The third-order valence-corrected chi connectivity index (χ3v) is 6.20. The number of carboxylic acid groups (broad SMARTS) is 1. The normalized spacial score (nSPS) is 13.1. The van der Waals surface area contributed by atoms with Crippen LogP contribution in [0.3, 0.4) is 0 Å². The number of furan rings is 1. The summed E-state index contributed by atoms with van der Waals surface area (Å²) in [6, 6.07) is 8.04. The minimum absolute atomic E-state index is 0.0703. The van der Waals surface area contributed by atoms with E-state index in [0.717, 1.165) is 0 Å². The van der Waals surface area contributed by atoms with Gasteiger partial charge in [0.05, 0.1) is 11.5 Å². The lowest BCUT2D eigenvalue weighted by molar-refractivity contribution is -0.140. The Hall–Kier alpha value is -3.11. The Kier molecular flexibility index (Phi) is 6.75. The van der Waals surface area contributed by atoms with E-state index in [-0.39, 0.29) is 10.8 Å². The maximum Gasteiger partial charge on any atom is 0.411 e. The van der Waals surface area contributed by atoms with Crippen LogP contribution in [0.4, 0.5) is 10.5 Å². The number of carbonyl (C=O) groups excluding carboxylic acids is 1. The van der Waals surface area contributed by atoms with Gasteiger partial charge in [-0.3, -0.25) is 10.1 Å². The van der Waals surface area contributed by atoms with E-state index in [0.29, 0.717) is 34.2 Å². The molecule has 0 fully saturated rings. The second-order valence-corrected chi connectivity index (χ2v) is 9.98. The Bertz CT molecular complexity index is 1260. The van der Waals surface area contributed by atoms with Gasteiger partial charge in [0.1, 0.15) is 17.2 Å². The predicted octanol–water partition coefficient (Wildman–Crippen LogP) is 4.18. The van der Waals surface area contributed by atoms with Crippen molar-refractivity contribution >= 4 is 49.7 Å². The highest BCUT2D eigenvalue weighted by atomic mass is 32.2. The zero-order valence-corrected chi connectivity index (χ0v) is 19.0.